The number of carbonyl (C=O) groups is 2. The highest BCUT2D eigenvalue weighted by Crippen LogP contribution is 2.44. The smallest absolute Gasteiger partial charge is 0.407 e. The van der Waals surface area contributed by atoms with E-state index in [1.807, 2.05) is 48.5 Å². The number of carbonyl (C=O) groups excluding carboxylic acids is 1. The molecule has 0 bridgehead atoms. The highest BCUT2D eigenvalue weighted by molar-refractivity contribution is 5.79. The largest absolute Gasteiger partial charge is 0.493 e. The number of ether oxygens (including phenoxy) is 3. The molecule has 0 heterocycles. The van der Waals surface area contributed by atoms with Crippen LogP contribution in [0.2, 0.25) is 0 Å². The minimum Gasteiger partial charge on any atom is -0.493 e. The number of benzene rings is 3. The number of nitrogens with zero attached hydrogens (tertiary/aromatic N) is 1. The monoisotopic (exact) mass is 478 g/mol. The lowest BCUT2D eigenvalue weighted by Crippen LogP contribution is -2.26. The van der Waals surface area contributed by atoms with Gasteiger partial charge in [-0.25, -0.2) is 9.59 Å². The molecule has 0 atom stereocenters. The van der Waals surface area contributed by atoms with Gasteiger partial charge in [0.2, 0.25) is 0 Å². The molecule has 0 unspecified atom stereocenters. The number of carboxylic acid groups (broad SMARTS) is 1. The molecule has 0 radical (unpaired) electrons. The van der Waals surface area contributed by atoms with E-state index in [4.69, 9.17) is 19.3 Å². The van der Waals surface area contributed by atoms with Crippen molar-refractivity contribution in [3.63, 3.8) is 0 Å². The first-order valence-electron chi connectivity index (χ1n) is 10.7. The number of alkyl carbamates (subject to hydrolysis) is 1. The third-order valence-electron chi connectivity index (χ3n) is 5.68. The summed E-state index contributed by atoms with van der Waals surface area (Å²) in [6, 6.07) is 18.3. The lowest BCUT2D eigenvalue weighted by Gasteiger charge is -2.15. The van der Waals surface area contributed by atoms with E-state index in [9.17, 15) is 19.7 Å². The number of rotatable bonds is 9. The summed E-state index contributed by atoms with van der Waals surface area (Å²) in [6.45, 7) is -0.791. The first kappa shape index (κ1) is 23.6. The Bertz CT molecular complexity index is 1240. The fraction of sp³-hybridized carbons (Fsp3) is 0.200. The third kappa shape index (κ3) is 5.01. The van der Waals surface area contributed by atoms with E-state index >= 15 is 0 Å². The number of fused-ring (bicyclic) bond motifs is 3. The van der Waals surface area contributed by atoms with E-state index in [2.05, 4.69) is 5.32 Å². The molecule has 0 saturated heterocycles. The summed E-state index contributed by atoms with van der Waals surface area (Å²) in [5.74, 6) is -1.35. The fourth-order valence-corrected chi connectivity index (χ4v) is 4.13. The van der Waals surface area contributed by atoms with E-state index in [0.717, 1.165) is 28.3 Å². The van der Waals surface area contributed by atoms with Crippen molar-refractivity contribution in [3.8, 4) is 22.6 Å². The second-order valence-electron chi connectivity index (χ2n) is 7.75. The van der Waals surface area contributed by atoms with Gasteiger partial charge >= 0.3 is 12.1 Å². The summed E-state index contributed by atoms with van der Waals surface area (Å²) in [4.78, 5) is 34.1. The highest BCUT2D eigenvalue weighted by atomic mass is 16.6. The Morgan fingerprint density at radius 3 is 2.23 bits per heavy atom. The number of hydrogen-bond acceptors (Lipinski definition) is 7. The summed E-state index contributed by atoms with van der Waals surface area (Å²) >= 11 is 0. The first-order valence-corrected chi connectivity index (χ1v) is 10.7. The number of carboxylic acids is 1. The van der Waals surface area contributed by atoms with Gasteiger partial charge in [0.15, 0.2) is 18.1 Å². The number of nitro benzene ring substituents is 1. The Balaban J connectivity index is 1.44. The number of amides is 1. The van der Waals surface area contributed by atoms with E-state index in [-0.39, 0.29) is 41.8 Å². The van der Waals surface area contributed by atoms with Gasteiger partial charge in [-0.05, 0) is 28.3 Å². The Morgan fingerprint density at radius 1 is 1.03 bits per heavy atom. The van der Waals surface area contributed by atoms with E-state index in [0.29, 0.717) is 0 Å². The van der Waals surface area contributed by atoms with E-state index < -0.39 is 23.6 Å². The van der Waals surface area contributed by atoms with Crippen LogP contribution in [0.4, 0.5) is 10.5 Å². The minimum absolute atomic E-state index is 0.0912. The van der Waals surface area contributed by atoms with Crippen LogP contribution in [0.1, 0.15) is 22.6 Å². The van der Waals surface area contributed by atoms with Crippen LogP contribution in [0.3, 0.4) is 0 Å². The predicted octanol–water partition coefficient (Wildman–Crippen LogP) is 4.11. The minimum atomic E-state index is -1.24. The van der Waals surface area contributed by atoms with Gasteiger partial charge < -0.3 is 24.6 Å². The quantitative estimate of drug-likeness (QED) is 0.346. The molecule has 1 amide bonds. The van der Waals surface area contributed by atoms with Gasteiger partial charge in [0.05, 0.1) is 30.2 Å². The lowest BCUT2D eigenvalue weighted by atomic mass is 9.98. The standard InChI is InChI=1S/C25H22N2O8/c1-33-22-10-15(21(27(31)32)11-23(22)34-14-24(28)29)12-26-25(30)35-13-20-18-8-4-2-6-16(18)17-7-3-5-9-19(17)20/h2-11,20H,12-14H2,1H3,(H,26,30)(H,28,29). The van der Waals surface area contributed by atoms with Crippen molar-refractivity contribution in [2.24, 2.45) is 0 Å². The normalized spacial score (nSPS) is 11.8. The first-order chi connectivity index (χ1) is 16.9. The molecule has 4 rings (SSSR count). The van der Waals surface area contributed by atoms with Gasteiger partial charge in [0, 0.05) is 5.92 Å². The molecule has 10 nitrogen and oxygen atoms in total. The van der Waals surface area contributed by atoms with Crippen LogP contribution in [0.25, 0.3) is 11.1 Å². The van der Waals surface area contributed by atoms with Crippen molar-refractivity contribution < 1.29 is 33.8 Å². The Labute approximate surface area is 200 Å². The van der Waals surface area contributed by atoms with Gasteiger partial charge in [-0.1, -0.05) is 48.5 Å². The Hall–Kier alpha value is -4.60. The molecule has 0 spiro atoms. The molecule has 2 N–H and O–H groups in total. The average Bonchev–Trinajstić information content (AvgIpc) is 3.18. The maximum Gasteiger partial charge on any atom is 0.407 e. The van der Waals surface area contributed by atoms with Gasteiger partial charge in [-0.3, -0.25) is 10.1 Å². The molecule has 35 heavy (non-hydrogen) atoms. The average molecular weight is 478 g/mol. The van der Waals surface area contributed by atoms with Crippen LogP contribution in [0, 0.1) is 10.1 Å². The van der Waals surface area contributed by atoms with Gasteiger partial charge in [-0.15, -0.1) is 0 Å². The van der Waals surface area contributed by atoms with Crippen molar-refractivity contribution in [2.45, 2.75) is 12.5 Å². The third-order valence-corrected chi connectivity index (χ3v) is 5.68. The SMILES string of the molecule is COc1cc(CNC(=O)OCC2c3ccccc3-c3ccccc32)c([N+](=O)[O-])cc1OCC(=O)O. The molecule has 0 aliphatic heterocycles. The Kier molecular flexibility index (Phi) is 6.81. The summed E-state index contributed by atoms with van der Waals surface area (Å²) in [7, 11) is 1.32. The molecule has 1 aliphatic carbocycles. The zero-order valence-corrected chi connectivity index (χ0v) is 18.7. The van der Waals surface area contributed by atoms with Crippen LogP contribution in [0.5, 0.6) is 11.5 Å². The molecule has 180 valence electrons. The zero-order chi connectivity index (χ0) is 24.9. The highest BCUT2D eigenvalue weighted by Gasteiger charge is 2.29. The predicted molar refractivity (Wildman–Crippen MR) is 125 cm³/mol. The molecule has 10 heteroatoms. The van der Waals surface area contributed by atoms with Gasteiger partial charge in [0.1, 0.15) is 6.61 Å². The molecule has 1 aliphatic rings. The number of aliphatic carboxylic acids is 1. The summed E-state index contributed by atoms with van der Waals surface area (Å²) in [6.07, 6.45) is -0.730. The van der Waals surface area contributed by atoms with Crippen molar-refractivity contribution in [2.75, 3.05) is 20.3 Å². The second-order valence-corrected chi connectivity index (χ2v) is 7.75. The fourth-order valence-electron chi connectivity index (χ4n) is 4.13. The maximum absolute atomic E-state index is 12.5. The molecule has 3 aromatic rings. The topological polar surface area (TPSA) is 137 Å². The number of nitro groups is 1. The molecule has 0 fully saturated rings. The molecule has 0 aromatic heterocycles. The van der Waals surface area contributed by atoms with Crippen LogP contribution >= 0.6 is 0 Å². The van der Waals surface area contributed by atoms with Crippen molar-refractivity contribution in [1.29, 1.82) is 0 Å². The maximum atomic E-state index is 12.5. The van der Waals surface area contributed by atoms with Crippen molar-refractivity contribution in [3.05, 3.63) is 87.5 Å². The van der Waals surface area contributed by atoms with Gasteiger partial charge in [0.25, 0.3) is 5.69 Å². The molecule has 3 aromatic carbocycles. The second kappa shape index (κ2) is 10.1. The summed E-state index contributed by atoms with van der Waals surface area (Å²) in [5.41, 5.74) is 4.13. The van der Waals surface area contributed by atoms with Crippen LogP contribution < -0.4 is 14.8 Å². The zero-order valence-electron chi connectivity index (χ0n) is 18.7. The number of methoxy groups -OCH3 is 1. The number of hydrogen-bond donors (Lipinski definition) is 2. The van der Waals surface area contributed by atoms with Crippen LogP contribution in [-0.4, -0.2) is 42.4 Å². The summed E-state index contributed by atoms with van der Waals surface area (Å²) < 4.78 is 15.7. The van der Waals surface area contributed by atoms with Crippen LogP contribution in [0.15, 0.2) is 60.7 Å². The van der Waals surface area contributed by atoms with E-state index in [1.165, 1.54) is 13.2 Å². The van der Waals surface area contributed by atoms with Crippen LogP contribution in [-0.2, 0) is 16.1 Å². The molecule has 0 saturated carbocycles. The van der Waals surface area contributed by atoms with Crippen molar-refractivity contribution >= 4 is 17.7 Å². The lowest BCUT2D eigenvalue weighted by molar-refractivity contribution is -0.385. The van der Waals surface area contributed by atoms with E-state index in [1.54, 1.807) is 0 Å². The number of nitrogens with one attached hydrogen (secondary N) is 1. The summed E-state index contributed by atoms with van der Waals surface area (Å²) in [5, 5.41) is 22.9. The van der Waals surface area contributed by atoms with Gasteiger partial charge in [-0.2, -0.15) is 0 Å². The molecular formula is C25H22N2O8. The van der Waals surface area contributed by atoms with Crippen molar-refractivity contribution in [1.82, 2.24) is 5.32 Å². The Morgan fingerprint density at radius 2 is 1.66 bits per heavy atom. The molecular weight excluding hydrogens is 456 g/mol.